The van der Waals surface area contributed by atoms with Gasteiger partial charge in [-0.25, -0.2) is 0 Å². The molecule has 1 unspecified atom stereocenters. The molecule has 0 aliphatic heterocycles. The number of hydrogen-bond acceptors (Lipinski definition) is 1. The highest BCUT2D eigenvalue weighted by Gasteiger charge is 2.43. The number of carbonyl (C=O) groups excluding carboxylic acids is 1. The van der Waals surface area contributed by atoms with Crippen LogP contribution in [-0.4, -0.2) is 12.5 Å². The van der Waals surface area contributed by atoms with Crippen molar-refractivity contribution in [2.45, 2.75) is 51.1 Å². The summed E-state index contributed by atoms with van der Waals surface area (Å²) < 4.78 is 38.0. The highest BCUT2D eigenvalue weighted by molar-refractivity contribution is 5.50. The topological polar surface area (TPSA) is 17.1 Å². The zero-order valence-electron chi connectivity index (χ0n) is 8.72. The predicted octanol–water partition coefficient (Wildman–Crippen LogP) is 3.72. The third-order valence-corrected chi connectivity index (χ3v) is 3.24. The van der Waals surface area contributed by atoms with Crippen LogP contribution in [-0.2, 0) is 4.79 Å². The number of aldehydes is 1. The second-order valence-corrected chi connectivity index (χ2v) is 4.30. The largest absolute Gasteiger partial charge is 0.392 e. The van der Waals surface area contributed by atoms with Crippen LogP contribution in [0.1, 0.15) is 44.9 Å². The normalized spacial score (nSPS) is 22.1. The van der Waals surface area contributed by atoms with Crippen LogP contribution in [0.5, 0.6) is 0 Å². The molecule has 1 atom stereocenters. The van der Waals surface area contributed by atoms with Gasteiger partial charge in [0.1, 0.15) is 6.29 Å². The van der Waals surface area contributed by atoms with Gasteiger partial charge in [0, 0.05) is 6.42 Å². The summed E-state index contributed by atoms with van der Waals surface area (Å²) in [4.78, 5) is 10.3. The van der Waals surface area contributed by atoms with Gasteiger partial charge in [-0.1, -0.05) is 25.7 Å². The van der Waals surface area contributed by atoms with Crippen LogP contribution in [0, 0.1) is 11.8 Å². The molecule has 1 rings (SSSR count). The van der Waals surface area contributed by atoms with Gasteiger partial charge in [-0.3, -0.25) is 0 Å². The summed E-state index contributed by atoms with van der Waals surface area (Å²) in [6, 6.07) is 0. The van der Waals surface area contributed by atoms with E-state index in [-0.39, 0.29) is 12.3 Å². The van der Waals surface area contributed by atoms with Crippen LogP contribution in [0.15, 0.2) is 0 Å². The SMILES string of the molecule is O=CCC(C1CCCCCC1)C(F)(F)F. The van der Waals surface area contributed by atoms with Gasteiger partial charge in [0.05, 0.1) is 5.92 Å². The van der Waals surface area contributed by atoms with E-state index in [0.29, 0.717) is 19.1 Å². The van der Waals surface area contributed by atoms with Crippen molar-refractivity contribution in [2.75, 3.05) is 0 Å². The first-order valence-corrected chi connectivity index (χ1v) is 5.56. The minimum absolute atomic E-state index is 0.335. The zero-order valence-corrected chi connectivity index (χ0v) is 8.72. The van der Waals surface area contributed by atoms with E-state index >= 15 is 0 Å². The summed E-state index contributed by atoms with van der Waals surface area (Å²) >= 11 is 0. The second kappa shape index (κ2) is 5.52. The van der Waals surface area contributed by atoms with Gasteiger partial charge in [0.25, 0.3) is 0 Å². The highest BCUT2D eigenvalue weighted by atomic mass is 19.4. The lowest BCUT2D eigenvalue weighted by atomic mass is 9.84. The summed E-state index contributed by atoms with van der Waals surface area (Å²) in [6.45, 7) is 0. The summed E-state index contributed by atoms with van der Waals surface area (Å²) in [5.41, 5.74) is 0. The van der Waals surface area contributed by atoms with Gasteiger partial charge >= 0.3 is 6.18 Å². The smallest absolute Gasteiger partial charge is 0.303 e. The molecule has 1 saturated carbocycles. The lowest BCUT2D eigenvalue weighted by molar-refractivity contribution is -0.191. The minimum atomic E-state index is -4.21. The van der Waals surface area contributed by atoms with Crippen molar-refractivity contribution in [1.29, 1.82) is 0 Å². The van der Waals surface area contributed by atoms with E-state index in [4.69, 9.17) is 0 Å². The minimum Gasteiger partial charge on any atom is -0.303 e. The highest BCUT2D eigenvalue weighted by Crippen LogP contribution is 2.40. The lowest BCUT2D eigenvalue weighted by Crippen LogP contribution is -2.30. The molecule has 0 radical (unpaired) electrons. The maximum Gasteiger partial charge on any atom is 0.392 e. The van der Waals surface area contributed by atoms with Crippen LogP contribution < -0.4 is 0 Å². The molecule has 1 fully saturated rings. The molecular formula is C11H17F3O. The Morgan fingerprint density at radius 2 is 1.67 bits per heavy atom. The monoisotopic (exact) mass is 222 g/mol. The first-order chi connectivity index (χ1) is 7.05. The van der Waals surface area contributed by atoms with Crippen molar-refractivity contribution in [3.63, 3.8) is 0 Å². The third kappa shape index (κ3) is 3.84. The van der Waals surface area contributed by atoms with E-state index in [1.165, 1.54) is 0 Å². The predicted molar refractivity (Wildman–Crippen MR) is 51.4 cm³/mol. The molecule has 15 heavy (non-hydrogen) atoms. The Morgan fingerprint density at radius 3 is 2.07 bits per heavy atom. The summed E-state index contributed by atoms with van der Waals surface area (Å²) in [7, 11) is 0. The van der Waals surface area contributed by atoms with E-state index < -0.39 is 12.1 Å². The molecule has 0 bridgehead atoms. The molecule has 0 saturated heterocycles. The van der Waals surface area contributed by atoms with Crippen molar-refractivity contribution < 1.29 is 18.0 Å². The Kier molecular flexibility index (Phi) is 4.61. The van der Waals surface area contributed by atoms with Crippen LogP contribution in [0.2, 0.25) is 0 Å². The van der Waals surface area contributed by atoms with Crippen molar-refractivity contribution in [1.82, 2.24) is 0 Å². The quantitative estimate of drug-likeness (QED) is 0.525. The van der Waals surface area contributed by atoms with Gasteiger partial charge in [0.2, 0.25) is 0 Å². The third-order valence-electron chi connectivity index (χ3n) is 3.24. The molecule has 0 heterocycles. The molecule has 0 amide bonds. The molecule has 4 heteroatoms. The standard InChI is InChI=1S/C11H17F3O/c12-11(13,14)10(7-8-15)9-5-3-1-2-4-6-9/h8-10H,1-7H2. The van der Waals surface area contributed by atoms with Crippen LogP contribution in [0.25, 0.3) is 0 Å². The fourth-order valence-corrected chi connectivity index (χ4v) is 2.41. The van der Waals surface area contributed by atoms with Gasteiger partial charge in [-0.05, 0) is 18.8 Å². The van der Waals surface area contributed by atoms with Crippen molar-refractivity contribution >= 4 is 6.29 Å². The van der Waals surface area contributed by atoms with Crippen molar-refractivity contribution in [3.05, 3.63) is 0 Å². The van der Waals surface area contributed by atoms with E-state index in [9.17, 15) is 18.0 Å². The fraction of sp³-hybridized carbons (Fsp3) is 0.909. The van der Waals surface area contributed by atoms with Crippen LogP contribution in [0.4, 0.5) is 13.2 Å². The first kappa shape index (κ1) is 12.5. The molecule has 0 aromatic heterocycles. The van der Waals surface area contributed by atoms with Gasteiger partial charge in [-0.15, -0.1) is 0 Å². The second-order valence-electron chi connectivity index (χ2n) is 4.30. The molecule has 0 aromatic rings. The summed E-state index contributed by atoms with van der Waals surface area (Å²) in [6.07, 6.45) is 0.875. The molecule has 0 N–H and O–H groups in total. The maximum absolute atomic E-state index is 12.7. The molecule has 88 valence electrons. The number of carbonyl (C=O) groups is 1. The Labute approximate surface area is 88.0 Å². The molecule has 1 nitrogen and oxygen atoms in total. The van der Waals surface area contributed by atoms with E-state index in [0.717, 1.165) is 25.7 Å². The van der Waals surface area contributed by atoms with Gasteiger partial charge in [0.15, 0.2) is 0 Å². The fourth-order valence-electron chi connectivity index (χ4n) is 2.41. The Hall–Kier alpha value is -0.540. The van der Waals surface area contributed by atoms with E-state index in [2.05, 4.69) is 0 Å². The Morgan fingerprint density at radius 1 is 1.13 bits per heavy atom. The summed E-state index contributed by atoms with van der Waals surface area (Å²) in [5.74, 6) is -1.74. The molecule has 0 spiro atoms. The number of hydrogen-bond donors (Lipinski definition) is 0. The summed E-state index contributed by atoms with van der Waals surface area (Å²) in [5, 5.41) is 0. The van der Waals surface area contributed by atoms with Crippen LogP contribution in [0.3, 0.4) is 0 Å². The first-order valence-electron chi connectivity index (χ1n) is 5.56. The molecule has 1 aliphatic rings. The molecular weight excluding hydrogens is 205 g/mol. The van der Waals surface area contributed by atoms with E-state index in [1.54, 1.807) is 0 Å². The zero-order chi connectivity index (χ0) is 11.3. The average molecular weight is 222 g/mol. The Bertz CT molecular complexity index is 192. The van der Waals surface area contributed by atoms with Crippen LogP contribution >= 0.6 is 0 Å². The molecule has 1 aliphatic carbocycles. The Balaban J connectivity index is 2.64. The van der Waals surface area contributed by atoms with Gasteiger partial charge in [-0.2, -0.15) is 13.2 Å². The average Bonchev–Trinajstić information content (AvgIpc) is 2.40. The molecule has 0 aromatic carbocycles. The lowest BCUT2D eigenvalue weighted by Gasteiger charge is -2.26. The van der Waals surface area contributed by atoms with Crippen molar-refractivity contribution in [2.24, 2.45) is 11.8 Å². The number of alkyl halides is 3. The van der Waals surface area contributed by atoms with Crippen molar-refractivity contribution in [3.8, 4) is 0 Å². The number of halogens is 3. The maximum atomic E-state index is 12.7. The van der Waals surface area contributed by atoms with E-state index in [1.807, 2.05) is 0 Å². The van der Waals surface area contributed by atoms with Gasteiger partial charge < -0.3 is 4.79 Å². The number of rotatable bonds is 3.